The van der Waals surface area contributed by atoms with Crippen molar-refractivity contribution in [3.8, 4) is 0 Å². The second kappa shape index (κ2) is 4.13. The lowest BCUT2D eigenvalue weighted by Crippen LogP contribution is -2.07. The van der Waals surface area contributed by atoms with E-state index in [1.165, 1.54) is 7.11 Å². The standard InChI is InChI=1S/C13H12O2/c1-15-13(14)12-9-5-3-7-10-6-2-4-8-11(10)12/h2-7,9H,8H2,1H3. The van der Waals surface area contributed by atoms with E-state index in [4.69, 9.17) is 4.74 Å². The Hall–Kier alpha value is -1.83. The third-order valence-corrected chi connectivity index (χ3v) is 2.46. The van der Waals surface area contributed by atoms with Gasteiger partial charge in [0, 0.05) is 0 Å². The van der Waals surface area contributed by atoms with Crippen molar-refractivity contribution in [2.24, 2.45) is 0 Å². The van der Waals surface area contributed by atoms with Crippen molar-refractivity contribution in [1.29, 1.82) is 0 Å². The Morgan fingerprint density at radius 1 is 1.27 bits per heavy atom. The predicted octanol–water partition coefficient (Wildman–Crippen LogP) is 2.47. The second-order valence-electron chi connectivity index (χ2n) is 3.36. The van der Waals surface area contributed by atoms with Gasteiger partial charge in [0.2, 0.25) is 0 Å². The summed E-state index contributed by atoms with van der Waals surface area (Å²) in [7, 11) is 1.41. The molecule has 0 saturated heterocycles. The highest BCUT2D eigenvalue weighted by Gasteiger charge is 2.16. The Morgan fingerprint density at radius 2 is 2.07 bits per heavy atom. The van der Waals surface area contributed by atoms with Crippen molar-refractivity contribution in [2.45, 2.75) is 6.42 Å². The SMILES string of the molecule is COC(=O)C1=C2CC=CC=C2C=CC=C1. The van der Waals surface area contributed by atoms with Crippen LogP contribution in [-0.4, -0.2) is 13.1 Å². The normalized spacial score (nSPS) is 18.3. The van der Waals surface area contributed by atoms with Crippen molar-refractivity contribution in [3.05, 3.63) is 59.3 Å². The van der Waals surface area contributed by atoms with Crippen LogP contribution in [0.2, 0.25) is 0 Å². The molecule has 76 valence electrons. The van der Waals surface area contributed by atoms with Crippen LogP contribution in [0.25, 0.3) is 0 Å². The minimum atomic E-state index is -0.272. The van der Waals surface area contributed by atoms with Crippen LogP contribution >= 0.6 is 0 Å². The third kappa shape index (κ3) is 1.84. The minimum absolute atomic E-state index is 0.272. The average molecular weight is 200 g/mol. The molecule has 0 radical (unpaired) electrons. The van der Waals surface area contributed by atoms with Gasteiger partial charge in [-0.05, 0) is 23.6 Å². The molecule has 2 nitrogen and oxygen atoms in total. The molecule has 0 aliphatic heterocycles. The fraction of sp³-hybridized carbons (Fsp3) is 0.154. The molecule has 0 spiro atoms. The molecule has 0 aromatic heterocycles. The number of carbonyl (C=O) groups excluding carboxylic acids is 1. The monoisotopic (exact) mass is 200 g/mol. The van der Waals surface area contributed by atoms with Gasteiger partial charge in [-0.25, -0.2) is 4.79 Å². The van der Waals surface area contributed by atoms with E-state index in [2.05, 4.69) is 0 Å². The molecule has 0 atom stereocenters. The first-order valence-electron chi connectivity index (χ1n) is 4.86. The topological polar surface area (TPSA) is 26.3 Å². The highest BCUT2D eigenvalue weighted by Crippen LogP contribution is 2.27. The average Bonchev–Trinajstić information content (AvgIpc) is 2.50. The summed E-state index contributed by atoms with van der Waals surface area (Å²) in [5.41, 5.74) is 2.77. The van der Waals surface area contributed by atoms with E-state index in [0.717, 1.165) is 17.6 Å². The Labute approximate surface area is 88.9 Å². The zero-order valence-electron chi connectivity index (χ0n) is 8.57. The molecule has 0 N–H and O–H groups in total. The lowest BCUT2D eigenvalue weighted by Gasteiger charge is -2.12. The van der Waals surface area contributed by atoms with Crippen molar-refractivity contribution >= 4 is 5.97 Å². The van der Waals surface area contributed by atoms with E-state index >= 15 is 0 Å². The quantitative estimate of drug-likeness (QED) is 0.608. The van der Waals surface area contributed by atoms with Gasteiger partial charge in [-0.3, -0.25) is 0 Å². The summed E-state index contributed by atoms with van der Waals surface area (Å²) in [6.45, 7) is 0. The fourth-order valence-electron chi connectivity index (χ4n) is 1.71. The first kappa shape index (κ1) is 9.71. The molecular weight excluding hydrogens is 188 g/mol. The summed E-state index contributed by atoms with van der Waals surface area (Å²) in [4.78, 5) is 11.6. The number of fused-ring (bicyclic) bond motifs is 1. The molecule has 15 heavy (non-hydrogen) atoms. The summed E-state index contributed by atoms with van der Waals surface area (Å²) in [5, 5.41) is 0. The van der Waals surface area contributed by atoms with E-state index in [9.17, 15) is 4.79 Å². The molecular formula is C13H12O2. The van der Waals surface area contributed by atoms with Gasteiger partial charge in [-0.15, -0.1) is 0 Å². The number of hydrogen-bond acceptors (Lipinski definition) is 2. The van der Waals surface area contributed by atoms with E-state index in [1.54, 1.807) is 6.08 Å². The summed E-state index contributed by atoms with van der Waals surface area (Å²) in [6, 6.07) is 0. The van der Waals surface area contributed by atoms with Gasteiger partial charge in [-0.1, -0.05) is 36.5 Å². The molecule has 0 amide bonds. The van der Waals surface area contributed by atoms with Gasteiger partial charge < -0.3 is 4.74 Å². The summed E-state index contributed by atoms with van der Waals surface area (Å²) < 4.78 is 4.77. The highest BCUT2D eigenvalue weighted by atomic mass is 16.5. The highest BCUT2D eigenvalue weighted by molar-refractivity contribution is 5.94. The zero-order valence-corrected chi connectivity index (χ0v) is 8.57. The molecule has 0 saturated carbocycles. The van der Waals surface area contributed by atoms with Gasteiger partial charge in [-0.2, -0.15) is 0 Å². The van der Waals surface area contributed by atoms with E-state index in [-0.39, 0.29) is 5.97 Å². The number of rotatable bonds is 1. The molecule has 0 heterocycles. The van der Waals surface area contributed by atoms with Crippen LogP contribution < -0.4 is 0 Å². The van der Waals surface area contributed by atoms with Crippen molar-refractivity contribution in [2.75, 3.05) is 7.11 Å². The number of esters is 1. The third-order valence-electron chi connectivity index (χ3n) is 2.46. The van der Waals surface area contributed by atoms with E-state index in [1.807, 2.05) is 36.5 Å². The summed E-state index contributed by atoms with van der Waals surface area (Å²) in [5.74, 6) is -0.272. The predicted molar refractivity (Wildman–Crippen MR) is 59.2 cm³/mol. The van der Waals surface area contributed by atoms with Gasteiger partial charge in [0.1, 0.15) is 0 Å². The van der Waals surface area contributed by atoms with Crippen LogP contribution in [0, 0.1) is 0 Å². The Kier molecular flexibility index (Phi) is 2.68. The maximum absolute atomic E-state index is 11.6. The number of hydrogen-bond donors (Lipinski definition) is 0. The molecule has 2 aliphatic rings. The number of ether oxygens (including phenoxy) is 1. The van der Waals surface area contributed by atoms with Crippen LogP contribution in [0.1, 0.15) is 6.42 Å². The van der Waals surface area contributed by atoms with E-state index in [0.29, 0.717) is 5.57 Å². The molecule has 0 aromatic rings. The number of carbonyl (C=O) groups is 1. The van der Waals surface area contributed by atoms with Gasteiger partial charge >= 0.3 is 5.97 Å². The van der Waals surface area contributed by atoms with Crippen molar-refractivity contribution in [1.82, 2.24) is 0 Å². The van der Waals surface area contributed by atoms with Crippen LogP contribution in [0.3, 0.4) is 0 Å². The second-order valence-corrected chi connectivity index (χ2v) is 3.36. The maximum atomic E-state index is 11.6. The first-order valence-corrected chi connectivity index (χ1v) is 4.86. The molecule has 2 rings (SSSR count). The largest absolute Gasteiger partial charge is 0.465 e. The van der Waals surface area contributed by atoms with Crippen LogP contribution in [0.4, 0.5) is 0 Å². The molecule has 0 bridgehead atoms. The summed E-state index contributed by atoms with van der Waals surface area (Å²) >= 11 is 0. The molecule has 2 aliphatic carbocycles. The smallest absolute Gasteiger partial charge is 0.338 e. The van der Waals surface area contributed by atoms with E-state index < -0.39 is 0 Å². The zero-order chi connectivity index (χ0) is 10.7. The Balaban J connectivity index is 2.50. The Bertz CT molecular complexity index is 431. The first-order chi connectivity index (χ1) is 7.33. The van der Waals surface area contributed by atoms with Gasteiger partial charge in [0.25, 0.3) is 0 Å². The number of allylic oxidation sites excluding steroid dienone is 8. The fourth-order valence-corrected chi connectivity index (χ4v) is 1.71. The lowest BCUT2D eigenvalue weighted by molar-refractivity contribution is -0.135. The van der Waals surface area contributed by atoms with Crippen LogP contribution in [-0.2, 0) is 9.53 Å². The maximum Gasteiger partial charge on any atom is 0.338 e. The van der Waals surface area contributed by atoms with Crippen LogP contribution in [0.5, 0.6) is 0 Å². The molecule has 0 fully saturated rings. The molecule has 0 aromatic carbocycles. The summed E-state index contributed by atoms with van der Waals surface area (Å²) in [6.07, 6.45) is 14.4. The minimum Gasteiger partial charge on any atom is -0.465 e. The molecule has 2 heteroatoms. The van der Waals surface area contributed by atoms with Gasteiger partial charge in [0.15, 0.2) is 0 Å². The Morgan fingerprint density at radius 3 is 2.87 bits per heavy atom. The van der Waals surface area contributed by atoms with Crippen molar-refractivity contribution in [3.63, 3.8) is 0 Å². The van der Waals surface area contributed by atoms with Crippen molar-refractivity contribution < 1.29 is 9.53 Å². The van der Waals surface area contributed by atoms with Gasteiger partial charge in [0.05, 0.1) is 12.7 Å². The lowest BCUT2D eigenvalue weighted by atomic mass is 9.94. The number of methoxy groups -OCH3 is 1. The molecule has 0 unspecified atom stereocenters. The van der Waals surface area contributed by atoms with Crippen LogP contribution in [0.15, 0.2) is 59.3 Å².